The van der Waals surface area contributed by atoms with Gasteiger partial charge in [0.05, 0.1) is 47.8 Å². The lowest BCUT2D eigenvalue weighted by atomic mass is 9.96. The van der Waals surface area contributed by atoms with Crippen molar-refractivity contribution >= 4 is 29.4 Å². The van der Waals surface area contributed by atoms with Gasteiger partial charge < -0.3 is 23.7 Å². The molecule has 0 spiro atoms. The fourth-order valence-corrected chi connectivity index (χ4v) is 5.63. The Balaban J connectivity index is 1.79. The van der Waals surface area contributed by atoms with Crippen LogP contribution in [0.4, 0.5) is 0 Å². The highest BCUT2D eigenvalue weighted by atomic mass is 32.1. The summed E-state index contributed by atoms with van der Waals surface area (Å²) in [7, 11) is 0. The van der Waals surface area contributed by atoms with Crippen molar-refractivity contribution in [3.63, 3.8) is 0 Å². The Bertz CT molecular complexity index is 1690. The monoisotopic (exact) mass is 608 g/mol. The molecule has 0 fully saturated rings. The smallest absolute Gasteiger partial charge is 0.344 e. The first-order valence-electron chi connectivity index (χ1n) is 14.2. The SMILES string of the molecule is CCOC(=O)COc1ccc(/C=c2/sc3n(c2=O)[C@@H](c2ccc(OCC)cc2)C(C(=O)OC(C)C)=C(C)N=3)cc1OCC. The third-order valence-corrected chi connectivity index (χ3v) is 7.29. The highest BCUT2D eigenvalue weighted by Gasteiger charge is 2.33. The predicted octanol–water partition coefficient (Wildman–Crippen LogP) is 3.93. The molecule has 10 nitrogen and oxygen atoms in total. The number of fused-ring (bicyclic) bond motifs is 1. The summed E-state index contributed by atoms with van der Waals surface area (Å²) in [4.78, 5) is 44.2. The van der Waals surface area contributed by atoms with Gasteiger partial charge in [0.1, 0.15) is 5.75 Å². The van der Waals surface area contributed by atoms with E-state index in [0.29, 0.717) is 56.6 Å². The summed E-state index contributed by atoms with van der Waals surface area (Å²) in [5, 5.41) is 0. The second-order valence-electron chi connectivity index (χ2n) is 9.77. The Hall–Kier alpha value is -4.38. The summed E-state index contributed by atoms with van der Waals surface area (Å²) in [6.45, 7) is 11.7. The van der Waals surface area contributed by atoms with Crippen LogP contribution in [0.1, 0.15) is 58.7 Å². The zero-order valence-corrected chi connectivity index (χ0v) is 26.0. The third-order valence-electron chi connectivity index (χ3n) is 6.31. The van der Waals surface area contributed by atoms with Crippen molar-refractivity contribution in [2.45, 2.75) is 53.7 Å². The van der Waals surface area contributed by atoms with Gasteiger partial charge in [-0.25, -0.2) is 14.6 Å². The van der Waals surface area contributed by atoms with E-state index in [1.54, 1.807) is 52.0 Å². The lowest BCUT2D eigenvalue weighted by Gasteiger charge is -2.25. The van der Waals surface area contributed by atoms with Crippen molar-refractivity contribution in [2.75, 3.05) is 26.4 Å². The standard InChI is InChI=1S/C32H36N2O8S/c1-7-38-23-13-11-22(12-14-23)29-28(31(37)42-19(4)5)20(6)33-32-34(29)30(36)26(43-32)17-21-10-15-24(25(16-21)39-8-2)41-18-27(35)40-9-3/h10-17,19,29H,7-9,18H2,1-6H3/b26-17+/t29-/m0/s1. The van der Waals surface area contributed by atoms with Crippen molar-refractivity contribution in [1.82, 2.24) is 4.57 Å². The van der Waals surface area contributed by atoms with Gasteiger partial charge in [0.15, 0.2) is 22.9 Å². The van der Waals surface area contributed by atoms with E-state index in [1.807, 2.05) is 38.1 Å². The van der Waals surface area contributed by atoms with Crippen LogP contribution in [0.3, 0.4) is 0 Å². The van der Waals surface area contributed by atoms with E-state index < -0.39 is 18.0 Å². The highest BCUT2D eigenvalue weighted by Crippen LogP contribution is 2.32. The van der Waals surface area contributed by atoms with E-state index >= 15 is 0 Å². The van der Waals surface area contributed by atoms with Crippen LogP contribution in [0, 0.1) is 0 Å². The molecule has 1 atom stereocenters. The van der Waals surface area contributed by atoms with E-state index in [2.05, 4.69) is 4.99 Å². The van der Waals surface area contributed by atoms with Gasteiger partial charge >= 0.3 is 11.9 Å². The van der Waals surface area contributed by atoms with Gasteiger partial charge in [-0.3, -0.25) is 9.36 Å². The first-order valence-corrected chi connectivity index (χ1v) is 15.0. The lowest BCUT2D eigenvalue weighted by molar-refractivity contribution is -0.145. The van der Waals surface area contributed by atoms with E-state index in [9.17, 15) is 14.4 Å². The van der Waals surface area contributed by atoms with E-state index in [1.165, 1.54) is 15.9 Å². The van der Waals surface area contributed by atoms with Crippen LogP contribution in [-0.2, 0) is 19.1 Å². The summed E-state index contributed by atoms with van der Waals surface area (Å²) in [6, 6.07) is 11.8. The minimum Gasteiger partial charge on any atom is -0.494 e. The predicted molar refractivity (Wildman–Crippen MR) is 162 cm³/mol. The molecule has 0 bridgehead atoms. The van der Waals surface area contributed by atoms with Crippen molar-refractivity contribution in [3.05, 3.63) is 84.5 Å². The molecule has 1 aromatic heterocycles. The second-order valence-corrected chi connectivity index (χ2v) is 10.8. The van der Waals surface area contributed by atoms with Gasteiger partial charge in [-0.1, -0.05) is 29.5 Å². The van der Waals surface area contributed by atoms with Crippen LogP contribution in [0.2, 0.25) is 0 Å². The van der Waals surface area contributed by atoms with Crippen LogP contribution >= 0.6 is 11.3 Å². The van der Waals surface area contributed by atoms with E-state index in [0.717, 1.165) is 5.56 Å². The molecule has 0 aliphatic carbocycles. The molecule has 0 unspecified atom stereocenters. The number of nitrogens with zero attached hydrogens (tertiary/aromatic N) is 2. The number of hydrogen-bond acceptors (Lipinski definition) is 10. The van der Waals surface area contributed by atoms with Gasteiger partial charge in [0.25, 0.3) is 5.56 Å². The molecule has 0 N–H and O–H groups in total. The zero-order valence-electron chi connectivity index (χ0n) is 25.2. The summed E-state index contributed by atoms with van der Waals surface area (Å²) >= 11 is 1.22. The quantitative estimate of drug-likeness (QED) is 0.284. The molecule has 0 radical (unpaired) electrons. The molecule has 1 aliphatic rings. The molecule has 3 aromatic rings. The molecule has 1 aliphatic heterocycles. The average Bonchev–Trinajstić information content (AvgIpc) is 3.26. The Kier molecular flexibility index (Phi) is 10.4. The van der Waals surface area contributed by atoms with Gasteiger partial charge in [0, 0.05) is 0 Å². The Morgan fingerprint density at radius 2 is 1.70 bits per heavy atom. The largest absolute Gasteiger partial charge is 0.494 e. The number of thiazole rings is 1. The summed E-state index contributed by atoms with van der Waals surface area (Å²) in [5.74, 6) is 0.488. The Morgan fingerprint density at radius 3 is 2.35 bits per heavy atom. The van der Waals surface area contributed by atoms with Gasteiger partial charge in [0.2, 0.25) is 0 Å². The number of rotatable bonds is 12. The maximum atomic E-state index is 14.0. The number of hydrogen-bond donors (Lipinski definition) is 0. The first-order chi connectivity index (χ1) is 20.7. The lowest BCUT2D eigenvalue weighted by Crippen LogP contribution is -2.40. The summed E-state index contributed by atoms with van der Waals surface area (Å²) in [5.41, 5.74) is 1.90. The Morgan fingerprint density at radius 1 is 0.977 bits per heavy atom. The molecule has 228 valence electrons. The number of carbonyl (C=O) groups is 2. The van der Waals surface area contributed by atoms with Crippen LogP contribution in [0.15, 0.2) is 63.5 Å². The molecule has 0 saturated heterocycles. The molecule has 4 rings (SSSR count). The summed E-state index contributed by atoms with van der Waals surface area (Å²) in [6.07, 6.45) is 1.39. The molecule has 43 heavy (non-hydrogen) atoms. The minimum atomic E-state index is -0.738. The van der Waals surface area contributed by atoms with Crippen LogP contribution in [0.25, 0.3) is 6.08 Å². The fourth-order valence-electron chi connectivity index (χ4n) is 4.58. The number of esters is 2. The third kappa shape index (κ3) is 7.34. The van der Waals surface area contributed by atoms with Gasteiger partial charge in [-0.05, 0) is 83.0 Å². The van der Waals surface area contributed by atoms with Crippen molar-refractivity contribution in [1.29, 1.82) is 0 Å². The van der Waals surface area contributed by atoms with E-state index in [-0.39, 0.29) is 24.9 Å². The van der Waals surface area contributed by atoms with Gasteiger partial charge in [-0.15, -0.1) is 0 Å². The maximum absolute atomic E-state index is 14.0. The average molecular weight is 609 g/mol. The zero-order chi connectivity index (χ0) is 31.1. The number of ether oxygens (including phenoxy) is 5. The van der Waals surface area contributed by atoms with E-state index in [4.69, 9.17) is 23.7 Å². The van der Waals surface area contributed by atoms with Crippen LogP contribution in [0.5, 0.6) is 17.2 Å². The van der Waals surface area contributed by atoms with Crippen molar-refractivity contribution in [2.24, 2.45) is 4.99 Å². The second kappa shape index (κ2) is 14.2. The molecule has 2 aromatic carbocycles. The summed E-state index contributed by atoms with van der Waals surface area (Å²) < 4.78 is 29.4. The molecule has 11 heteroatoms. The number of allylic oxidation sites excluding steroid dienone is 1. The molecular weight excluding hydrogens is 572 g/mol. The topological polar surface area (TPSA) is 115 Å². The molecule has 2 heterocycles. The fraction of sp³-hybridized carbons (Fsp3) is 0.375. The van der Waals surface area contributed by atoms with Crippen LogP contribution < -0.4 is 29.1 Å². The van der Waals surface area contributed by atoms with Crippen molar-refractivity contribution < 1.29 is 33.3 Å². The normalized spacial score (nSPS) is 14.7. The first kappa shape index (κ1) is 31.6. The van der Waals surface area contributed by atoms with Crippen molar-refractivity contribution in [3.8, 4) is 17.2 Å². The van der Waals surface area contributed by atoms with Gasteiger partial charge in [-0.2, -0.15) is 0 Å². The molecule has 0 saturated carbocycles. The molecular formula is C32H36N2O8S. The number of carbonyl (C=O) groups excluding carboxylic acids is 2. The number of benzene rings is 2. The van der Waals surface area contributed by atoms with Crippen LogP contribution in [-0.4, -0.2) is 49.0 Å². The number of aromatic nitrogens is 1. The Labute approximate surface area is 253 Å². The highest BCUT2D eigenvalue weighted by molar-refractivity contribution is 7.07. The maximum Gasteiger partial charge on any atom is 0.344 e. The minimum absolute atomic E-state index is 0.252. The molecule has 0 amide bonds.